The zero-order chi connectivity index (χ0) is 18.2. The van der Waals surface area contributed by atoms with Gasteiger partial charge in [0, 0.05) is 12.6 Å². The zero-order valence-corrected chi connectivity index (χ0v) is 16.2. The first kappa shape index (κ1) is 21.8. The highest BCUT2D eigenvalue weighted by Crippen LogP contribution is 2.24. The van der Waals surface area contributed by atoms with Crippen LogP contribution in [0.4, 0.5) is 0 Å². The minimum Gasteiger partial charge on any atom is -0.497 e. The Bertz CT molecular complexity index is 695. The highest BCUT2D eigenvalue weighted by atomic mass is 35.5. The molecule has 0 aromatic heterocycles. The van der Waals surface area contributed by atoms with Crippen LogP contribution in [0.2, 0.25) is 0 Å². The van der Waals surface area contributed by atoms with E-state index in [4.69, 9.17) is 15.2 Å². The van der Waals surface area contributed by atoms with Gasteiger partial charge in [-0.3, -0.25) is 4.79 Å². The average molecular weight is 379 g/mol. The Morgan fingerprint density at radius 2 is 1.81 bits per heavy atom. The van der Waals surface area contributed by atoms with Crippen LogP contribution in [0.3, 0.4) is 0 Å². The third kappa shape index (κ3) is 5.64. The molecule has 2 aromatic carbocycles. The SMILES string of the molecule is COc1ccc(OC)c(CCNC(=O)C(C)C(N)c2ccccc2)c1.Cl. The number of carbonyl (C=O) groups excluding carboxylic acids is 1. The van der Waals surface area contributed by atoms with Crippen molar-refractivity contribution in [2.45, 2.75) is 19.4 Å². The number of nitrogens with two attached hydrogens (primary N) is 1. The van der Waals surface area contributed by atoms with Gasteiger partial charge in [0.15, 0.2) is 0 Å². The van der Waals surface area contributed by atoms with Gasteiger partial charge < -0.3 is 20.5 Å². The predicted octanol–water partition coefficient (Wildman–Crippen LogP) is 3.12. The van der Waals surface area contributed by atoms with E-state index in [2.05, 4.69) is 5.32 Å². The Hall–Kier alpha value is -2.24. The Morgan fingerprint density at radius 3 is 2.42 bits per heavy atom. The van der Waals surface area contributed by atoms with Crippen molar-refractivity contribution in [2.75, 3.05) is 20.8 Å². The van der Waals surface area contributed by atoms with Gasteiger partial charge in [0.05, 0.1) is 20.1 Å². The molecule has 0 fully saturated rings. The Kier molecular flexibility index (Phi) is 8.96. The molecule has 2 aromatic rings. The molecule has 2 unspecified atom stereocenters. The number of carbonyl (C=O) groups is 1. The Balaban J connectivity index is 0.00000338. The number of methoxy groups -OCH3 is 2. The van der Waals surface area contributed by atoms with Crippen LogP contribution in [-0.2, 0) is 11.2 Å². The molecule has 0 saturated carbocycles. The van der Waals surface area contributed by atoms with Crippen LogP contribution in [0.1, 0.15) is 24.1 Å². The number of rotatable bonds is 8. The van der Waals surface area contributed by atoms with Crippen molar-refractivity contribution >= 4 is 18.3 Å². The largest absolute Gasteiger partial charge is 0.497 e. The summed E-state index contributed by atoms with van der Waals surface area (Å²) >= 11 is 0. The van der Waals surface area contributed by atoms with Crippen molar-refractivity contribution in [1.82, 2.24) is 5.32 Å². The molecule has 6 heteroatoms. The standard InChI is InChI=1S/C20H26N2O3.ClH/c1-14(19(21)15-7-5-4-6-8-15)20(23)22-12-11-16-13-17(24-2)9-10-18(16)25-3;/h4-10,13-14,19H,11-12,21H2,1-3H3,(H,22,23);1H. The van der Waals surface area contributed by atoms with Gasteiger partial charge in [-0.1, -0.05) is 37.3 Å². The van der Waals surface area contributed by atoms with Crippen molar-refractivity contribution in [1.29, 1.82) is 0 Å². The first-order valence-electron chi connectivity index (χ1n) is 8.36. The van der Waals surface area contributed by atoms with Crippen LogP contribution in [0, 0.1) is 5.92 Å². The molecular formula is C20H27ClN2O3. The molecule has 0 saturated heterocycles. The van der Waals surface area contributed by atoms with Crippen molar-refractivity contribution in [3.05, 3.63) is 59.7 Å². The van der Waals surface area contributed by atoms with E-state index in [-0.39, 0.29) is 30.3 Å². The molecule has 0 radical (unpaired) electrons. The second kappa shape index (κ2) is 10.7. The summed E-state index contributed by atoms with van der Waals surface area (Å²) in [7, 11) is 3.25. The Morgan fingerprint density at radius 1 is 1.12 bits per heavy atom. The molecule has 3 N–H and O–H groups in total. The van der Waals surface area contributed by atoms with Crippen molar-refractivity contribution in [3.63, 3.8) is 0 Å². The van der Waals surface area contributed by atoms with Gasteiger partial charge in [-0.15, -0.1) is 12.4 Å². The number of hydrogen-bond donors (Lipinski definition) is 2. The monoisotopic (exact) mass is 378 g/mol. The summed E-state index contributed by atoms with van der Waals surface area (Å²) in [4.78, 5) is 12.4. The lowest BCUT2D eigenvalue weighted by Crippen LogP contribution is -2.36. The minimum atomic E-state index is -0.326. The summed E-state index contributed by atoms with van der Waals surface area (Å²) in [6.45, 7) is 2.35. The molecule has 5 nitrogen and oxygen atoms in total. The maximum Gasteiger partial charge on any atom is 0.224 e. The molecule has 0 aliphatic carbocycles. The van der Waals surface area contributed by atoms with E-state index in [9.17, 15) is 4.79 Å². The first-order valence-corrected chi connectivity index (χ1v) is 8.36. The summed E-state index contributed by atoms with van der Waals surface area (Å²) < 4.78 is 10.6. The fourth-order valence-electron chi connectivity index (χ4n) is 2.69. The van der Waals surface area contributed by atoms with Crippen LogP contribution >= 0.6 is 12.4 Å². The number of hydrogen-bond acceptors (Lipinski definition) is 4. The summed E-state index contributed by atoms with van der Waals surface area (Å²) in [5, 5.41) is 2.96. The summed E-state index contributed by atoms with van der Waals surface area (Å²) in [5.74, 6) is 1.18. The fraction of sp³-hybridized carbons (Fsp3) is 0.350. The summed E-state index contributed by atoms with van der Waals surface area (Å²) in [5.41, 5.74) is 8.15. The van der Waals surface area contributed by atoms with Crippen LogP contribution in [0.25, 0.3) is 0 Å². The fourth-order valence-corrected chi connectivity index (χ4v) is 2.69. The number of halogens is 1. The van der Waals surface area contributed by atoms with E-state index in [1.165, 1.54) is 0 Å². The molecule has 1 amide bonds. The lowest BCUT2D eigenvalue weighted by Gasteiger charge is -2.20. The maximum absolute atomic E-state index is 12.4. The average Bonchev–Trinajstić information content (AvgIpc) is 2.67. The van der Waals surface area contributed by atoms with Gasteiger partial charge in [0.2, 0.25) is 5.91 Å². The van der Waals surface area contributed by atoms with Gasteiger partial charge in [-0.25, -0.2) is 0 Å². The van der Waals surface area contributed by atoms with Gasteiger partial charge >= 0.3 is 0 Å². The van der Waals surface area contributed by atoms with E-state index in [1.54, 1.807) is 14.2 Å². The number of ether oxygens (including phenoxy) is 2. The van der Waals surface area contributed by atoms with Crippen LogP contribution in [-0.4, -0.2) is 26.7 Å². The lowest BCUT2D eigenvalue weighted by atomic mass is 9.94. The van der Waals surface area contributed by atoms with Crippen molar-refractivity contribution in [3.8, 4) is 11.5 Å². The highest BCUT2D eigenvalue weighted by molar-refractivity contribution is 5.85. The lowest BCUT2D eigenvalue weighted by molar-refractivity contribution is -0.125. The predicted molar refractivity (Wildman–Crippen MR) is 106 cm³/mol. The highest BCUT2D eigenvalue weighted by Gasteiger charge is 2.21. The van der Waals surface area contributed by atoms with E-state index < -0.39 is 0 Å². The van der Waals surface area contributed by atoms with E-state index in [0.29, 0.717) is 13.0 Å². The van der Waals surface area contributed by atoms with Crippen molar-refractivity contribution in [2.24, 2.45) is 11.7 Å². The molecule has 26 heavy (non-hydrogen) atoms. The topological polar surface area (TPSA) is 73.6 Å². The van der Waals surface area contributed by atoms with Crippen molar-refractivity contribution < 1.29 is 14.3 Å². The minimum absolute atomic E-state index is 0. The third-order valence-corrected chi connectivity index (χ3v) is 4.32. The van der Waals surface area contributed by atoms with Gasteiger partial charge in [-0.2, -0.15) is 0 Å². The molecule has 0 aliphatic rings. The smallest absolute Gasteiger partial charge is 0.224 e. The van der Waals surface area contributed by atoms with Gasteiger partial charge in [-0.05, 0) is 35.7 Å². The van der Waals surface area contributed by atoms with Crippen LogP contribution in [0.15, 0.2) is 48.5 Å². The van der Waals surface area contributed by atoms with E-state index in [1.807, 2.05) is 55.5 Å². The molecule has 0 aliphatic heterocycles. The zero-order valence-electron chi connectivity index (χ0n) is 15.4. The second-order valence-corrected chi connectivity index (χ2v) is 5.94. The Labute approximate surface area is 161 Å². The first-order chi connectivity index (χ1) is 12.1. The maximum atomic E-state index is 12.4. The van der Waals surface area contributed by atoms with Gasteiger partial charge in [0.25, 0.3) is 0 Å². The molecular weight excluding hydrogens is 352 g/mol. The molecule has 142 valence electrons. The van der Waals surface area contributed by atoms with Crippen LogP contribution < -0.4 is 20.5 Å². The number of benzene rings is 2. The molecule has 0 heterocycles. The normalized spacial score (nSPS) is 12.5. The molecule has 0 bridgehead atoms. The van der Waals surface area contributed by atoms with Crippen LogP contribution in [0.5, 0.6) is 11.5 Å². The number of amides is 1. The quantitative estimate of drug-likeness (QED) is 0.740. The summed E-state index contributed by atoms with van der Waals surface area (Å²) in [6.07, 6.45) is 0.652. The third-order valence-electron chi connectivity index (χ3n) is 4.32. The molecule has 0 spiro atoms. The van der Waals surface area contributed by atoms with E-state index >= 15 is 0 Å². The van der Waals surface area contributed by atoms with E-state index in [0.717, 1.165) is 22.6 Å². The number of nitrogens with one attached hydrogen (secondary N) is 1. The molecule has 2 rings (SSSR count). The second-order valence-electron chi connectivity index (χ2n) is 5.94. The van der Waals surface area contributed by atoms with Gasteiger partial charge in [0.1, 0.15) is 11.5 Å². The molecule has 2 atom stereocenters. The summed E-state index contributed by atoms with van der Waals surface area (Å²) in [6, 6.07) is 15.0.